The van der Waals surface area contributed by atoms with Crippen molar-refractivity contribution in [2.45, 2.75) is 65.6 Å². The number of amides is 2. The molecule has 2 aromatic carbocycles. The van der Waals surface area contributed by atoms with Crippen molar-refractivity contribution in [2.24, 2.45) is 0 Å². The van der Waals surface area contributed by atoms with E-state index in [1.165, 1.54) is 0 Å². The van der Waals surface area contributed by atoms with Crippen LogP contribution in [-0.4, -0.2) is 28.8 Å². The van der Waals surface area contributed by atoms with Gasteiger partial charge >= 0.3 is 0 Å². The van der Waals surface area contributed by atoms with Gasteiger partial charge in [0, 0.05) is 12.6 Å². The van der Waals surface area contributed by atoms with E-state index < -0.39 is 6.04 Å². The predicted molar refractivity (Wildman–Crippen MR) is 124 cm³/mol. The second-order valence-electron chi connectivity index (χ2n) is 7.68. The highest BCUT2D eigenvalue weighted by molar-refractivity contribution is 6.42. The molecule has 1 N–H and O–H groups in total. The molecule has 2 amide bonds. The average molecular weight is 449 g/mol. The lowest BCUT2D eigenvalue weighted by atomic mass is 10.1. The molecule has 0 aliphatic rings. The van der Waals surface area contributed by atoms with Gasteiger partial charge in [0.25, 0.3) is 0 Å². The molecule has 0 saturated heterocycles. The van der Waals surface area contributed by atoms with Crippen molar-refractivity contribution in [2.75, 3.05) is 0 Å². The first kappa shape index (κ1) is 24.2. The van der Waals surface area contributed by atoms with Gasteiger partial charge in [-0.1, -0.05) is 72.9 Å². The van der Waals surface area contributed by atoms with Crippen LogP contribution in [0.4, 0.5) is 0 Å². The van der Waals surface area contributed by atoms with Gasteiger partial charge in [-0.25, -0.2) is 0 Å². The molecule has 0 fully saturated rings. The highest BCUT2D eigenvalue weighted by Crippen LogP contribution is 2.24. The lowest BCUT2D eigenvalue weighted by Crippen LogP contribution is -2.51. The van der Waals surface area contributed by atoms with E-state index in [2.05, 4.69) is 5.32 Å². The van der Waals surface area contributed by atoms with Crippen molar-refractivity contribution in [1.29, 1.82) is 0 Å². The zero-order valence-corrected chi connectivity index (χ0v) is 19.6. The first-order valence-electron chi connectivity index (χ1n) is 10.3. The Labute approximate surface area is 189 Å². The standard InChI is InChI=1S/C24H30Cl2N2O2/c1-5-17(4)27-24(30)22(6-2)28(15-19-9-7-8-16(3)12-19)23(29)14-18-10-11-20(25)21(26)13-18/h7-13,17,22H,5-6,14-15H2,1-4H3,(H,27,30). The maximum Gasteiger partial charge on any atom is 0.243 e. The summed E-state index contributed by atoms with van der Waals surface area (Å²) < 4.78 is 0. The Hall–Kier alpha value is -2.04. The summed E-state index contributed by atoms with van der Waals surface area (Å²) >= 11 is 12.1. The minimum Gasteiger partial charge on any atom is -0.352 e. The summed E-state index contributed by atoms with van der Waals surface area (Å²) in [5, 5.41) is 3.88. The lowest BCUT2D eigenvalue weighted by Gasteiger charge is -2.31. The molecule has 4 nitrogen and oxygen atoms in total. The highest BCUT2D eigenvalue weighted by atomic mass is 35.5. The largest absolute Gasteiger partial charge is 0.352 e. The van der Waals surface area contributed by atoms with Gasteiger partial charge in [-0.2, -0.15) is 0 Å². The number of hydrogen-bond donors (Lipinski definition) is 1. The van der Waals surface area contributed by atoms with Crippen molar-refractivity contribution in [3.8, 4) is 0 Å². The Morgan fingerprint density at radius 3 is 2.33 bits per heavy atom. The Kier molecular flexibility index (Phi) is 9.19. The van der Waals surface area contributed by atoms with Gasteiger partial charge in [-0.3, -0.25) is 9.59 Å². The fraction of sp³-hybridized carbons (Fsp3) is 0.417. The number of carbonyl (C=O) groups excluding carboxylic acids is 2. The summed E-state index contributed by atoms with van der Waals surface area (Å²) in [5.41, 5.74) is 2.87. The van der Waals surface area contributed by atoms with Crippen LogP contribution in [0.25, 0.3) is 0 Å². The topological polar surface area (TPSA) is 49.4 Å². The third kappa shape index (κ3) is 6.75. The van der Waals surface area contributed by atoms with Gasteiger partial charge in [0.1, 0.15) is 6.04 Å². The Bertz CT molecular complexity index is 885. The van der Waals surface area contributed by atoms with Crippen LogP contribution < -0.4 is 5.32 Å². The highest BCUT2D eigenvalue weighted by Gasteiger charge is 2.29. The molecule has 6 heteroatoms. The monoisotopic (exact) mass is 448 g/mol. The fourth-order valence-corrected chi connectivity index (χ4v) is 3.61. The van der Waals surface area contributed by atoms with Crippen LogP contribution in [0.5, 0.6) is 0 Å². The molecule has 2 atom stereocenters. The summed E-state index contributed by atoms with van der Waals surface area (Å²) in [6.07, 6.45) is 1.51. The summed E-state index contributed by atoms with van der Waals surface area (Å²) in [6, 6.07) is 12.7. The second-order valence-corrected chi connectivity index (χ2v) is 8.49. The molecule has 2 rings (SSSR count). The molecule has 0 aliphatic carbocycles. The van der Waals surface area contributed by atoms with Gasteiger partial charge in [0.05, 0.1) is 16.5 Å². The number of halogens is 2. The number of benzene rings is 2. The fourth-order valence-electron chi connectivity index (χ4n) is 3.29. The van der Waals surface area contributed by atoms with Crippen LogP contribution >= 0.6 is 23.2 Å². The first-order chi connectivity index (χ1) is 14.2. The van der Waals surface area contributed by atoms with E-state index in [1.807, 2.05) is 52.0 Å². The van der Waals surface area contributed by atoms with E-state index in [-0.39, 0.29) is 24.3 Å². The Morgan fingerprint density at radius 2 is 1.73 bits per heavy atom. The van der Waals surface area contributed by atoms with E-state index in [4.69, 9.17) is 23.2 Å². The van der Waals surface area contributed by atoms with Crippen LogP contribution in [0, 0.1) is 6.92 Å². The molecular formula is C24H30Cl2N2O2. The van der Waals surface area contributed by atoms with Gasteiger partial charge < -0.3 is 10.2 Å². The van der Waals surface area contributed by atoms with Crippen LogP contribution in [0.15, 0.2) is 42.5 Å². The molecule has 0 spiro atoms. The van der Waals surface area contributed by atoms with Crippen molar-refractivity contribution in [3.63, 3.8) is 0 Å². The van der Waals surface area contributed by atoms with Crippen molar-refractivity contribution in [1.82, 2.24) is 10.2 Å². The summed E-state index contributed by atoms with van der Waals surface area (Å²) in [7, 11) is 0. The van der Waals surface area contributed by atoms with Crippen LogP contribution in [0.3, 0.4) is 0 Å². The zero-order valence-electron chi connectivity index (χ0n) is 18.0. The SMILES string of the molecule is CCC(C)NC(=O)C(CC)N(Cc1cccc(C)c1)C(=O)Cc1ccc(Cl)c(Cl)c1. The second kappa shape index (κ2) is 11.4. The molecule has 0 aromatic heterocycles. The average Bonchev–Trinajstić information content (AvgIpc) is 2.70. The third-order valence-corrected chi connectivity index (χ3v) is 5.90. The maximum atomic E-state index is 13.3. The minimum atomic E-state index is -0.546. The number of aryl methyl sites for hydroxylation is 1. The van der Waals surface area contributed by atoms with Crippen LogP contribution in [0.1, 0.15) is 50.3 Å². The number of nitrogens with one attached hydrogen (secondary N) is 1. The molecule has 0 heterocycles. The van der Waals surface area contributed by atoms with Gasteiger partial charge in [0.2, 0.25) is 11.8 Å². The van der Waals surface area contributed by atoms with Crippen molar-refractivity contribution >= 4 is 35.0 Å². The molecule has 30 heavy (non-hydrogen) atoms. The van der Waals surface area contributed by atoms with Gasteiger partial charge in [-0.15, -0.1) is 0 Å². The smallest absolute Gasteiger partial charge is 0.243 e. The van der Waals surface area contributed by atoms with Crippen LogP contribution in [0.2, 0.25) is 10.0 Å². The molecule has 0 aliphatic heterocycles. The maximum absolute atomic E-state index is 13.3. The van der Waals surface area contributed by atoms with Gasteiger partial charge in [0.15, 0.2) is 0 Å². The first-order valence-corrected chi connectivity index (χ1v) is 11.1. The molecular weight excluding hydrogens is 419 g/mol. The third-order valence-electron chi connectivity index (χ3n) is 5.16. The quantitative estimate of drug-likeness (QED) is 0.545. The summed E-state index contributed by atoms with van der Waals surface area (Å²) in [4.78, 5) is 28.0. The molecule has 0 bridgehead atoms. The van der Waals surface area contributed by atoms with Crippen LogP contribution in [-0.2, 0) is 22.6 Å². The van der Waals surface area contributed by atoms with Crippen molar-refractivity contribution < 1.29 is 9.59 Å². The Morgan fingerprint density at radius 1 is 1.00 bits per heavy atom. The number of carbonyl (C=O) groups is 2. The van der Waals surface area contributed by atoms with E-state index in [9.17, 15) is 9.59 Å². The lowest BCUT2D eigenvalue weighted by molar-refractivity contribution is -0.141. The summed E-state index contributed by atoms with van der Waals surface area (Å²) in [5.74, 6) is -0.247. The van der Waals surface area contributed by atoms with E-state index in [1.54, 1.807) is 23.1 Å². The van der Waals surface area contributed by atoms with E-state index >= 15 is 0 Å². The number of nitrogens with zero attached hydrogens (tertiary/aromatic N) is 1. The zero-order chi connectivity index (χ0) is 22.3. The normalized spacial score (nSPS) is 12.9. The van der Waals surface area contributed by atoms with Crippen molar-refractivity contribution in [3.05, 3.63) is 69.2 Å². The van der Waals surface area contributed by atoms with E-state index in [0.717, 1.165) is 23.1 Å². The number of rotatable bonds is 9. The Balaban J connectivity index is 2.31. The summed E-state index contributed by atoms with van der Waals surface area (Å²) in [6.45, 7) is 8.29. The molecule has 0 saturated carbocycles. The molecule has 2 aromatic rings. The molecule has 0 radical (unpaired) electrons. The predicted octanol–water partition coefficient (Wildman–Crippen LogP) is 5.57. The van der Waals surface area contributed by atoms with E-state index in [0.29, 0.717) is 23.0 Å². The number of hydrogen-bond acceptors (Lipinski definition) is 2. The molecule has 162 valence electrons. The molecule has 2 unspecified atom stereocenters. The van der Waals surface area contributed by atoms with Gasteiger partial charge in [-0.05, 0) is 49.9 Å². The minimum absolute atomic E-state index is 0.0533.